The number of ether oxygens (including phenoxy) is 1. The number of halogens is 3. The van der Waals surface area contributed by atoms with Crippen molar-refractivity contribution < 1.29 is 23.0 Å². The van der Waals surface area contributed by atoms with Crippen LogP contribution in [-0.2, 0) is 4.74 Å². The molecule has 7 heteroatoms. The molecule has 0 spiro atoms. The van der Waals surface area contributed by atoms with Crippen LogP contribution in [0.25, 0.3) is 0 Å². The first-order valence-corrected chi connectivity index (χ1v) is 3.96. The molecule has 0 aromatic rings. The standard InChI is InChI=1S/C8H13F3N2O2/c1-4(14)5(7(13)15-2)3-6(12)8(9,10)11/h3-4,14H,12-13H2,1-2H3/b6-3-,7-5-. The maximum Gasteiger partial charge on any atom is 0.430 e. The molecule has 4 nitrogen and oxygen atoms in total. The fourth-order valence-electron chi connectivity index (χ4n) is 0.765. The summed E-state index contributed by atoms with van der Waals surface area (Å²) in [6, 6.07) is 0. The predicted octanol–water partition coefficient (Wildman–Crippen LogP) is 0.589. The van der Waals surface area contributed by atoms with Gasteiger partial charge in [-0.2, -0.15) is 13.2 Å². The zero-order chi connectivity index (χ0) is 12.2. The van der Waals surface area contributed by atoms with Crippen LogP contribution in [-0.4, -0.2) is 24.5 Å². The van der Waals surface area contributed by atoms with Crippen LogP contribution in [0.15, 0.2) is 23.2 Å². The average Bonchev–Trinajstić information content (AvgIpc) is 2.10. The predicted molar refractivity (Wildman–Crippen MR) is 48.2 cm³/mol. The maximum atomic E-state index is 12.1. The molecule has 15 heavy (non-hydrogen) atoms. The first kappa shape index (κ1) is 13.6. The third kappa shape index (κ3) is 4.11. The summed E-state index contributed by atoms with van der Waals surface area (Å²) in [7, 11) is 1.18. The Bertz CT molecular complexity index is 282. The summed E-state index contributed by atoms with van der Waals surface area (Å²) in [6.07, 6.45) is -5.32. The van der Waals surface area contributed by atoms with Crippen molar-refractivity contribution >= 4 is 0 Å². The lowest BCUT2D eigenvalue weighted by atomic mass is 10.1. The van der Waals surface area contributed by atoms with Gasteiger partial charge in [-0.05, 0) is 13.0 Å². The molecule has 0 saturated heterocycles. The summed E-state index contributed by atoms with van der Waals surface area (Å²) in [6.45, 7) is 1.25. The summed E-state index contributed by atoms with van der Waals surface area (Å²) in [5.41, 5.74) is 8.44. The van der Waals surface area contributed by atoms with E-state index in [2.05, 4.69) is 4.74 Å². The van der Waals surface area contributed by atoms with Crippen molar-refractivity contribution in [3.63, 3.8) is 0 Å². The van der Waals surface area contributed by atoms with E-state index in [0.717, 1.165) is 0 Å². The smallest absolute Gasteiger partial charge is 0.430 e. The molecule has 5 N–H and O–H groups in total. The summed E-state index contributed by atoms with van der Waals surface area (Å²) in [4.78, 5) is 0. The van der Waals surface area contributed by atoms with Crippen molar-refractivity contribution in [2.75, 3.05) is 7.11 Å². The van der Waals surface area contributed by atoms with Crippen molar-refractivity contribution in [3.8, 4) is 0 Å². The Hall–Kier alpha value is -1.37. The molecule has 0 heterocycles. The minimum Gasteiger partial charge on any atom is -0.482 e. The van der Waals surface area contributed by atoms with Crippen LogP contribution in [0, 0.1) is 0 Å². The fourth-order valence-corrected chi connectivity index (χ4v) is 0.765. The normalized spacial score (nSPS) is 17.1. The van der Waals surface area contributed by atoms with Gasteiger partial charge < -0.3 is 21.3 Å². The Labute approximate surface area is 85.0 Å². The molecule has 0 aromatic carbocycles. The lowest BCUT2D eigenvalue weighted by Crippen LogP contribution is -2.22. The molecular weight excluding hydrogens is 213 g/mol. The molecule has 0 rings (SSSR count). The number of alkyl halides is 3. The maximum absolute atomic E-state index is 12.1. The molecular formula is C8H13F3N2O2. The van der Waals surface area contributed by atoms with Gasteiger partial charge in [-0.25, -0.2) is 0 Å². The van der Waals surface area contributed by atoms with Gasteiger partial charge in [0.15, 0.2) is 5.88 Å². The molecule has 88 valence electrons. The van der Waals surface area contributed by atoms with E-state index in [1.54, 1.807) is 0 Å². The summed E-state index contributed by atoms with van der Waals surface area (Å²) in [5, 5.41) is 9.14. The van der Waals surface area contributed by atoms with Gasteiger partial charge in [0, 0.05) is 5.57 Å². The van der Waals surface area contributed by atoms with Crippen molar-refractivity contribution in [1.82, 2.24) is 0 Å². The quantitative estimate of drug-likeness (QED) is 0.486. The molecule has 0 aliphatic heterocycles. The topological polar surface area (TPSA) is 81.5 Å². The monoisotopic (exact) mass is 226 g/mol. The minimum atomic E-state index is -4.66. The number of aliphatic hydroxyl groups is 1. The van der Waals surface area contributed by atoms with Gasteiger partial charge in [0.2, 0.25) is 0 Å². The van der Waals surface area contributed by atoms with E-state index in [1.807, 2.05) is 0 Å². The van der Waals surface area contributed by atoms with Gasteiger partial charge in [-0.3, -0.25) is 0 Å². The van der Waals surface area contributed by atoms with E-state index >= 15 is 0 Å². The van der Waals surface area contributed by atoms with Gasteiger partial charge in [0.1, 0.15) is 5.70 Å². The Balaban J connectivity index is 5.18. The highest BCUT2D eigenvalue weighted by Gasteiger charge is 2.32. The number of methoxy groups -OCH3 is 1. The van der Waals surface area contributed by atoms with Crippen LogP contribution in [0.3, 0.4) is 0 Å². The summed E-state index contributed by atoms with van der Waals surface area (Å²) < 4.78 is 40.7. The Morgan fingerprint density at radius 1 is 1.40 bits per heavy atom. The first-order chi connectivity index (χ1) is 6.70. The second-order valence-electron chi connectivity index (χ2n) is 2.80. The number of allylic oxidation sites excluding steroid dienone is 1. The Morgan fingerprint density at radius 2 is 1.87 bits per heavy atom. The van der Waals surface area contributed by atoms with Crippen LogP contribution >= 0.6 is 0 Å². The van der Waals surface area contributed by atoms with Gasteiger partial charge >= 0.3 is 6.18 Å². The first-order valence-electron chi connectivity index (χ1n) is 3.96. The second kappa shape index (κ2) is 4.92. The largest absolute Gasteiger partial charge is 0.482 e. The highest BCUT2D eigenvalue weighted by molar-refractivity contribution is 5.29. The van der Waals surface area contributed by atoms with E-state index in [0.29, 0.717) is 6.08 Å². The molecule has 0 amide bonds. The van der Waals surface area contributed by atoms with Crippen molar-refractivity contribution in [3.05, 3.63) is 23.2 Å². The zero-order valence-corrected chi connectivity index (χ0v) is 8.30. The summed E-state index contributed by atoms with van der Waals surface area (Å²) in [5.74, 6) is -0.308. The highest BCUT2D eigenvalue weighted by atomic mass is 19.4. The van der Waals surface area contributed by atoms with Gasteiger partial charge in [0.25, 0.3) is 0 Å². The van der Waals surface area contributed by atoms with E-state index < -0.39 is 18.0 Å². The number of rotatable bonds is 3. The van der Waals surface area contributed by atoms with Gasteiger partial charge in [-0.1, -0.05) is 0 Å². The SMILES string of the molecule is CO/C(N)=C(/C=C(\N)C(F)(F)F)C(C)O. The van der Waals surface area contributed by atoms with Crippen molar-refractivity contribution in [1.29, 1.82) is 0 Å². The number of aliphatic hydroxyl groups excluding tert-OH is 1. The van der Waals surface area contributed by atoms with Crippen molar-refractivity contribution in [2.45, 2.75) is 19.2 Å². The zero-order valence-electron chi connectivity index (χ0n) is 8.30. The number of hydrogen-bond acceptors (Lipinski definition) is 4. The highest BCUT2D eigenvalue weighted by Crippen LogP contribution is 2.23. The molecule has 0 bridgehead atoms. The third-order valence-electron chi connectivity index (χ3n) is 1.59. The molecule has 1 unspecified atom stereocenters. The van der Waals surface area contributed by atoms with Crippen LogP contribution in [0.1, 0.15) is 6.92 Å². The van der Waals surface area contributed by atoms with Crippen LogP contribution in [0.2, 0.25) is 0 Å². The van der Waals surface area contributed by atoms with E-state index in [1.165, 1.54) is 14.0 Å². The average molecular weight is 226 g/mol. The van der Waals surface area contributed by atoms with Crippen LogP contribution in [0.5, 0.6) is 0 Å². The molecule has 0 aromatic heterocycles. The minimum absolute atomic E-state index is 0.215. The number of nitrogens with two attached hydrogens (primary N) is 2. The van der Waals surface area contributed by atoms with Crippen molar-refractivity contribution in [2.24, 2.45) is 11.5 Å². The lowest BCUT2D eigenvalue weighted by Gasteiger charge is -2.12. The van der Waals surface area contributed by atoms with E-state index in [9.17, 15) is 13.2 Å². The fraction of sp³-hybridized carbons (Fsp3) is 0.500. The van der Waals surface area contributed by atoms with E-state index in [-0.39, 0.29) is 11.5 Å². The molecule has 0 radical (unpaired) electrons. The molecule has 0 fully saturated rings. The van der Waals surface area contributed by atoms with Crippen LogP contribution < -0.4 is 11.5 Å². The molecule has 1 atom stereocenters. The second-order valence-corrected chi connectivity index (χ2v) is 2.80. The van der Waals surface area contributed by atoms with Gasteiger partial charge in [0.05, 0.1) is 13.2 Å². The Kier molecular flexibility index (Phi) is 4.47. The summed E-state index contributed by atoms with van der Waals surface area (Å²) >= 11 is 0. The molecule has 0 aliphatic rings. The lowest BCUT2D eigenvalue weighted by molar-refractivity contribution is -0.0927. The third-order valence-corrected chi connectivity index (χ3v) is 1.59. The molecule has 0 saturated carbocycles. The van der Waals surface area contributed by atoms with Gasteiger partial charge in [-0.15, -0.1) is 0 Å². The number of hydrogen-bond donors (Lipinski definition) is 3. The molecule has 0 aliphatic carbocycles. The van der Waals surface area contributed by atoms with Crippen LogP contribution in [0.4, 0.5) is 13.2 Å². The van der Waals surface area contributed by atoms with E-state index in [4.69, 9.17) is 16.6 Å². The Morgan fingerprint density at radius 3 is 2.13 bits per heavy atom.